The number of aryl methyl sites for hydroxylation is 2. The number of nitrogens with zero attached hydrogens (tertiary/aromatic N) is 3. The lowest BCUT2D eigenvalue weighted by molar-refractivity contribution is -0.134. The molecule has 3 unspecified atom stereocenters. The molecule has 2 fully saturated rings. The summed E-state index contributed by atoms with van der Waals surface area (Å²) in [7, 11) is 0. The highest BCUT2D eigenvalue weighted by Crippen LogP contribution is 2.30. The van der Waals surface area contributed by atoms with Crippen molar-refractivity contribution >= 4 is 5.91 Å². The largest absolute Gasteiger partial charge is 0.340 e. The SMILES string of the molecule is Cc1cc(C)n(C2CCN(C(=O)C3CNNC3c3cccc(F)c3)C2)n1. The van der Waals surface area contributed by atoms with Crippen LogP contribution < -0.4 is 10.9 Å². The van der Waals surface area contributed by atoms with E-state index in [0.29, 0.717) is 13.1 Å². The topological polar surface area (TPSA) is 62.2 Å². The Kier molecular flexibility index (Phi) is 4.50. The summed E-state index contributed by atoms with van der Waals surface area (Å²) in [5.74, 6) is -0.412. The molecule has 1 aromatic carbocycles. The molecule has 1 amide bonds. The smallest absolute Gasteiger partial charge is 0.229 e. The fourth-order valence-corrected chi connectivity index (χ4v) is 4.13. The predicted octanol–water partition coefficient (Wildman–Crippen LogP) is 1.88. The van der Waals surface area contributed by atoms with Crippen LogP contribution in [0, 0.1) is 25.6 Å². The van der Waals surface area contributed by atoms with Gasteiger partial charge in [-0.15, -0.1) is 0 Å². The van der Waals surface area contributed by atoms with Crippen LogP contribution in [0.4, 0.5) is 4.39 Å². The lowest BCUT2D eigenvalue weighted by atomic mass is 9.93. The standard InChI is InChI=1S/C19H24FN5O/c1-12-8-13(2)25(23-12)16-6-7-24(11-16)19(26)17-10-21-22-18(17)14-4-3-5-15(20)9-14/h3-5,8-9,16-18,21-22H,6-7,10-11H2,1-2H3. The molecule has 3 atom stereocenters. The van der Waals surface area contributed by atoms with Gasteiger partial charge in [0.25, 0.3) is 0 Å². The van der Waals surface area contributed by atoms with Gasteiger partial charge in [-0.05, 0) is 44.0 Å². The van der Waals surface area contributed by atoms with Crippen molar-refractivity contribution in [3.63, 3.8) is 0 Å². The number of hydrogen-bond acceptors (Lipinski definition) is 4. The van der Waals surface area contributed by atoms with Crippen molar-refractivity contribution in [1.82, 2.24) is 25.5 Å². The minimum absolute atomic E-state index is 0.112. The lowest BCUT2D eigenvalue weighted by Gasteiger charge is -2.24. The average molecular weight is 357 g/mol. The van der Waals surface area contributed by atoms with Crippen LogP contribution in [0.1, 0.15) is 35.5 Å². The Bertz CT molecular complexity index is 820. The Morgan fingerprint density at radius 1 is 1.31 bits per heavy atom. The Morgan fingerprint density at radius 2 is 2.15 bits per heavy atom. The number of carbonyl (C=O) groups is 1. The number of amides is 1. The maximum atomic E-state index is 13.6. The third kappa shape index (κ3) is 3.12. The van der Waals surface area contributed by atoms with Crippen molar-refractivity contribution in [2.24, 2.45) is 5.92 Å². The Morgan fingerprint density at radius 3 is 2.88 bits per heavy atom. The molecular weight excluding hydrogens is 333 g/mol. The fourth-order valence-electron chi connectivity index (χ4n) is 4.13. The monoisotopic (exact) mass is 357 g/mol. The number of benzene rings is 1. The molecule has 2 N–H and O–H groups in total. The molecule has 0 aliphatic carbocycles. The summed E-state index contributed by atoms with van der Waals surface area (Å²) in [6.07, 6.45) is 0.909. The molecular formula is C19H24FN5O. The van der Waals surface area contributed by atoms with E-state index in [1.54, 1.807) is 6.07 Å². The number of aromatic nitrogens is 2. The van der Waals surface area contributed by atoms with Gasteiger partial charge in [-0.2, -0.15) is 5.10 Å². The number of carbonyl (C=O) groups excluding carboxylic acids is 1. The first-order valence-electron chi connectivity index (χ1n) is 9.08. The zero-order valence-corrected chi connectivity index (χ0v) is 15.1. The first-order valence-corrected chi connectivity index (χ1v) is 9.08. The molecule has 0 spiro atoms. The first kappa shape index (κ1) is 17.2. The van der Waals surface area contributed by atoms with Crippen molar-refractivity contribution in [2.45, 2.75) is 32.4 Å². The van der Waals surface area contributed by atoms with Crippen molar-refractivity contribution in [2.75, 3.05) is 19.6 Å². The minimum atomic E-state index is -0.284. The van der Waals surface area contributed by atoms with E-state index in [0.717, 1.165) is 29.9 Å². The van der Waals surface area contributed by atoms with E-state index in [9.17, 15) is 9.18 Å². The number of nitrogens with one attached hydrogen (secondary N) is 2. The van der Waals surface area contributed by atoms with E-state index in [-0.39, 0.29) is 29.7 Å². The van der Waals surface area contributed by atoms with E-state index in [4.69, 9.17) is 0 Å². The molecule has 0 bridgehead atoms. The van der Waals surface area contributed by atoms with E-state index in [1.165, 1.54) is 12.1 Å². The molecule has 0 radical (unpaired) electrons. The molecule has 4 rings (SSSR count). The number of likely N-dealkylation sites (tertiary alicyclic amines) is 1. The van der Waals surface area contributed by atoms with Crippen LogP contribution in [0.2, 0.25) is 0 Å². The molecule has 2 aliphatic heterocycles. The summed E-state index contributed by atoms with van der Waals surface area (Å²) in [5, 5.41) is 4.57. The number of rotatable bonds is 3. The highest BCUT2D eigenvalue weighted by Gasteiger charge is 2.39. The number of halogens is 1. The summed E-state index contributed by atoms with van der Waals surface area (Å²) < 4.78 is 15.6. The zero-order valence-electron chi connectivity index (χ0n) is 15.1. The van der Waals surface area contributed by atoms with Crippen molar-refractivity contribution < 1.29 is 9.18 Å². The molecule has 26 heavy (non-hydrogen) atoms. The van der Waals surface area contributed by atoms with Gasteiger partial charge in [-0.1, -0.05) is 12.1 Å². The van der Waals surface area contributed by atoms with Crippen molar-refractivity contribution in [3.8, 4) is 0 Å². The van der Waals surface area contributed by atoms with Gasteiger partial charge in [-0.25, -0.2) is 9.82 Å². The fraction of sp³-hybridized carbons (Fsp3) is 0.474. The van der Waals surface area contributed by atoms with E-state index >= 15 is 0 Å². The highest BCUT2D eigenvalue weighted by atomic mass is 19.1. The maximum absolute atomic E-state index is 13.6. The molecule has 2 aromatic rings. The molecule has 2 aliphatic rings. The van der Waals surface area contributed by atoms with Gasteiger partial charge in [0.15, 0.2) is 0 Å². The Labute approximate surface area is 152 Å². The van der Waals surface area contributed by atoms with Crippen LogP contribution in [0.15, 0.2) is 30.3 Å². The van der Waals surface area contributed by atoms with Gasteiger partial charge in [0.1, 0.15) is 5.82 Å². The van der Waals surface area contributed by atoms with Gasteiger partial charge < -0.3 is 4.90 Å². The van der Waals surface area contributed by atoms with Crippen LogP contribution >= 0.6 is 0 Å². The Hall–Kier alpha value is -2.25. The highest BCUT2D eigenvalue weighted by molar-refractivity contribution is 5.80. The first-order chi connectivity index (χ1) is 12.5. The van der Waals surface area contributed by atoms with Crippen LogP contribution in [-0.4, -0.2) is 40.2 Å². The summed E-state index contributed by atoms with van der Waals surface area (Å²) in [4.78, 5) is 15.0. The number of hydrogen-bond donors (Lipinski definition) is 2. The van der Waals surface area contributed by atoms with Gasteiger partial charge in [0, 0.05) is 25.3 Å². The summed E-state index contributed by atoms with van der Waals surface area (Å²) in [6.45, 7) is 5.98. The lowest BCUT2D eigenvalue weighted by Crippen LogP contribution is -2.38. The third-order valence-electron chi connectivity index (χ3n) is 5.37. The van der Waals surface area contributed by atoms with Gasteiger partial charge in [0.2, 0.25) is 5.91 Å². The molecule has 3 heterocycles. The average Bonchev–Trinajstić information content (AvgIpc) is 3.33. The quantitative estimate of drug-likeness (QED) is 0.881. The van der Waals surface area contributed by atoms with Gasteiger partial charge >= 0.3 is 0 Å². The maximum Gasteiger partial charge on any atom is 0.229 e. The third-order valence-corrected chi connectivity index (χ3v) is 5.37. The molecule has 138 valence electrons. The summed E-state index contributed by atoms with van der Waals surface area (Å²) >= 11 is 0. The second-order valence-corrected chi connectivity index (χ2v) is 7.26. The van der Waals surface area contributed by atoms with E-state index in [1.807, 2.05) is 22.6 Å². The van der Waals surface area contributed by atoms with Crippen LogP contribution in [0.25, 0.3) is 0 Å². The molecule has 0 saturated carbocycles. The van der Waals surface area contributed by atoms with Gasteiger partial charge in [0.05, 0.1) is 23.7 Å². The van der Waals surface area contributed by atoms with Crippen LogP contribution in [0.3, 0.4) is 0 Å². The van der Waals surface area contributed by atoms with E-state index < -0.39 is 0 Å². The zero-order chi connectivity index (χ0) is 18.3. The van der Waals surface area contributed by atoms with E-state index in [2.05, 4.69) is 28.9 Å². The summed E-state index contributed by atoms with van der Waals surface area (Å²) in [6, 6.07) is 8.52. The Balaban J connectivity index is 1.48. The van der Waals surface area contributed by atoms with Gasteiger partial charge in [-0.3, -0.25) is 14.9 Å². The summed E-state index contributed by atoms with van der Waals surface area (Å²) in [5.41, 5.74) is 9.12. The second-order valence-electron chi connectivity index (χ2n) is 7.26. The molecule has 7 heteroatoms. The van der Waals surface area contributed by atoms with Crippen LogP contribution in [-0.2, 0) is 4.79 Å². The number of hydrazine groups is 1. The second kappa shape index (κ2) is 6.81. The van der Waals surface area contributed by atoms with Crippen molar-refractivity contribution in [1.29, 1.82) is 0 Å². The molecule has 1 aromatic heterocycles. The van der Waals surface area contributed by atoms with Crippen molar-refractivity contribution in [3.05, 3.63) is 53.1 Å². The molecule has 6 nitrogen and oxygen atoms in total. The van der Waals surface area contributed by atoms with Crippen LogP contribution in [0.5, 0.6) is 0 Å². The molecule has 2 saturated heterocycles. The predicted molar refractivity (Wildman–Crippen MR) is 95.7 cm³/mol. The normalized spacial score (nSPS) is 25.8. The minimum Gasteiger partial charge on any atom is -0.340 e.